The molecule has 0 spiro atoms. The van der Waals surface area contributed by atoms with Gasteiger partial charge in [-0.3, -0.25) is 4.79 Å². The second-order valence-electron chi connectivity index (χ2n) is 2.13. The Hall–Kier alpha value is -0.640. The first-order chi connectivity index (χ1) is 5.20. The Morgan fingerprint density at radius 2 is 2.18 bits per heavy atom. The molecule has 1 aliphatic heterocycles. The molecule has 4 heteroatoms. The fraction of sp³-hybridized carbons (Fsp3) is 0.857. The van der Waals surface area contributed by atoms with Gasteiger partial charge in [-0.15, -0.1) is 0 Å². The minimum absolute atomic E-state index is 0.106. The van der Waals surface area contributed by atoms with E-state index in [0.29, 0.717) is 0 Å². The summed E-state index contributed by atoms with van der Waals surface area (Å²) >= 11 is 0. The standard InChI is InChI=1S/C5H8FNO2.C2H6/c6-3-1-4(5(8)9)7-2-3;1-2/h3-4,7H,1-2H2,(H,8,9);1-2H3. The summed E-state index contributed by atoms with van der Waals surface area (Å²) in [6.45, 7) is 4.18. The van der Waals surface area contributed by atoms with E-state index in [-0.39, 0.29) is 13.0 Å². The molecule has 1 fully saturated rings. The Morgan fingerprint density at radius 1 is 1.64 bits per heavy atom. The first kappa shape index (κ1) is 10.4. The van der Waals surface area contributed by atoms with Crippen LogP contribution in [0.25, 0.3) is 0 Å². The lowest BCUT2D eigenvalue weighted by Gasteiger charge is -1.99. The first-order valence-electron chi connectivity index (χ1n) is 3.80. The molecule has 0 radical (unpaired) electrons. The highest BCUT2D eigenvalue weighted by Crippen LogP contribution is 2.09. The molecular formula is C7H14FNO2. The predicted octanol–water partition coefficient (Wildman–Crippen LogP) is 0.797. The third kappa shape index (κ3) is 3.32. The van der Waals surface area contributed by atoms with Crippen molar-refractivity contribution in [3.63, 3.8) is 0 Å². The fourth-order valence-corrected chi connectivity index (χ4v) is 0.881. The van der Waals surface area contributed by atoms with E-state index in [9.17, 15) is 9.18 Å². The summed E-state index contributed by atoms with van der Waals surface area (Å²) in [5.74, 6) is -0.963. The van der Waals surface area contributed by atoms with Gasteiger partial charge in [-0.1, -0.05) is 13.8 Å². The molecule has 0 aromatic rings. The number of carboxylic acids is 1. The van der Waals surface area contributed by atoms with Crippen LogP contribution in [0.2, 0.25) is 0 Å². The van der Waals surface area contributed by atoms with Crippen molar-refractivity contribution in [1.82, 2.24) is 5.32 Å². The largest absolute Gasteiger partial charge is 0.480 e. The molecule has 2 N–H and O–H groups in total. The lowest BCUT2D eigenvalue weighted by molar-refractivity contribution is -0.139. The van der Waals surface area contributed by atoms with Crippen LogP contribution in [-0.2, 0) is 4.79 Å². The van der Waals surface area contributed by atoms with E-state index in [4.69, 9.17) is 5.11 Å². The molecular weight excluding hydrogens is 149 g/mol. The van der Waals surface area contributed by atoms with Gasteiger partial charge in [0.25, 0.3) is 0 Å². The van der Waals surface area contributed by atoms with Gasteiger partial charge in [-0.2, -0.15) is 0 Å². The van der Waals surface area contributed by atoms with Crippen LogP contribution in [0, 0.1) is 0 Å². The van der Waals surface area contributed by atoms with Crippen LogP contribution in [-0.4, -0.2) is 29.8 Å². The maximum atomic E-state index is 12.2. The Bertz CT molecular complexity index is 130. The SMILES string of the molecule is CC.O=C(O)C1CC(F)CN1. The summed E-state index contributed by atoms with van der Waals surface area (Å²) in [6.07, 6.45) is -0.874. The molecule has 0 bridgehead atoms. The quantitative estimate of drug-likeness (QED) is 0.601. The van der Waals surface area contributed by atoms with E-state index in [0.717, 1.165) is 0 Å². The summed E-state index contributed by atoms with van der Waals surface area (Å²) in [5, 5.41) is 10.8. The zero-order valence-electron chi connectivity index (χ0n) is 6.80. The molecule has 0 aromatic carbocycles. The summed E-state index contributed by atoms with van der Waals surface area (Å²) in [4.78, 5) is 10.1. The van der Waals surface area contributed by atoms with Crippen molar-refractivity contribution < 1.29 is 14.3 Å². The maximum absolute atomic E-state index is 12.2. The van der Waals surface area contributed by atoms with Gasteiger partial charge in [0.15, 0.2) is 0 Å². The number of rotatable bonds is 1. The van der Waals surface area contributed by atoms with Gasteiger partial charge in [-0.25, -0.2) is 4.39 Å². The van der Waals surface area contributed by atoms with Crippen molar-refractivity contribution in [2.75, 3.05) is 6.54 Å². The smallest absolute Gasteiger partial charge is 0.320 e. The summed E-state index contributed by atoms with van der Waals surface area (Å²) in [5.41, 5.74) is 0. The molecule has 1 saturated heterocycles. The molecule has 0 amide bonds. The highest BCUT2D eigenvalue weighted by molar-refractivity contribution is 5.73. The first-order valence-corrected chi connectivity index (χ1v) is 3.80. The predicted molar refractivity (Wildman–Crippen MR) is 40.3 cm³/mol. The van der Waals surface area contributed by atoms with Crippen LogP contribution in [0.5, 0.6) is 0 Å². The van der Waals surface area contributed by atoms with Crippen molar-refractivity contribution in [1.29, 1.82) is 0 Å². The molecule has 2 atom stereocenters. The van der Waals surface area contributed by atoms with E-state index in [1.54, 1.807) is 0 Å². The zero-order chi connectivity index (χ0) is 8.85. The van der Waals surface area contributed by atoms with Crippen molar-refractivity contribution in [2.24, 2.45) is 0 Å². The Kier molecular flexibility index (Phi) is 4.77. The molecule has 66 valence electrons. The Labute approximate surface area is 65.6 Å². The number of alkyl halides is 1. The normalized spacial score (nSPS) is 29.0. The van der Waals surface area contributed by atoms with Gasteiger partial charge in [0.2, 0.25) is 0 Å². The lowest BCUT2D eigenvalue weighted by atomic mass is 10.2. The van der Waals surface area contributed by atoms with Crippen LogP contribution < -0.4 is 5.32 Å². The molecule has 1 rings (SSSR count). The van der Waals surface area contributed by atoms with E-state index < -0.39 is 18.2 Å². The highest BCUT2D eigenvalue weighted by atomic mass is 19.1. The molecule has 2 unspecified atom stereocenters. The topological polar surface area (TPSA) is 49.3 Å². The van der Waals surface area contributed by atoms with Crippen molar-refractivity contribution in [3.8, 4) is 0 Å². The van der Waals surface area contributed by atoms with E-state index >= 15 is 0 Å². The Balaban J connectivity index is 0.000000461. The number of hydrogen-bond donors (Lipinski definition) is 2. The highest BCUT2D eigenvalue weighted by Gasteiger charge is 2.28. The average molecular weight is 163 g/mol. The monoisotopic (exact) mass is 163 g/mol. The number of halogens is 1. The molecule has 0 aliphatic carbocycles. The Morgan fingerprint density at radius 3 is 2.36 bits per heavy atom. The number of nitrogens with one attached hydrogen (secondary N) is 1. The van der Waals surface area contributed by atoms with Crippen LogP contribution in [0.15, 0.2) is 0 Å². The lowest BCUT2D eigenvalue weighted by Crippen LogP contribution is -2.29. The summed E-state index contributed by atoms with van der Waals surface area (Å²) in [7, 11) is 0. The van der Waals surface area contributed by atoms with Gasteiger partial charge in [-0.05, 0) is 0 Å². The van der Waals surface area contributed by atoms with Gasteiger partial charge in [0.05, 0.1) is 0 Å². The number of aliphatic carboxylic acids is 1. The summed E-state index contributed by atoms with van der Waals surface area (Å²) in [6, 6.07) is -0.667. The molecule has 3 nitrogen and oxygen atoms in total. The van der Waals surface area contributed by atoms with Crippen LogP contribution in [0.1, 0.15) is 20.3 Å². The zero-order valence-corrected chi connectivity index (χ0v) is 6.80. The average Bonchev–Trinajstić information content (AvgIpc) is 2.40. The minimum atomic E-state index is -0.980. The molecule has 1 aliphatic rings. The number of carbonyl (C=O) groups is 1. The van der Waals surface area contributed by atoms with Crippen LogP contribution >= 0.6 is 0 Å². The second kappa shape index (κ2) is 5.07. The molecule has 11 heavy (non-hydrogen) atoms. The number of hydrogen-bond acceptors (Lipinski definition) is 2. The van der Waals surface area contributed by atoms with Gasteiger partial charge in [0.1, 0.15) is 12.2 Å². The maximum Gasteiger partial charge on any atom is 0.320 e. The summed E-state index contributed by atoms with van der Waals surface area (Å²) < 4.78 is 12.2. The van der Waals surface area contributed by atoms with Gasteiger partial charge in [0, 0.05) is 13.0 Å². The fourth-order valence-electron chi connectivity index (χ4n) is 0.881. The van der Waals surface area contributed by atoms with Crippen molar-refractivity contribution >= 4 is 5.97 Å². The van der Waals surface area contributed by atoms with Crippen molar-refractivity contribution in [3.05, 3.63) is 0 Å². The molecule has 0 saturated carbocycles. The van der Waals surface area contributed by atoms with Crippen molar-refractivity contribution in [2.45, 2.75) is 32.5 Å². The molecule has 1 heterocycles. The van der Waals surface area contributed by atoms with E-state index in [2.05, 4.69) is 5.32 Å². The van der Waals surface area contributed by atoms with Gasteiger partial charge >= 0.3 is 5.97 Å². The van der Waals surface area contributed by atoms with Gasteiger partial charge < -0.3 is 10.4 Å². The van der Waals surface area contributed by atoms with Crippen LogP contribution in [0.4, 0.5) is 4.39 Å². The number of carboxylic acid groups (broad SMARTS) is 1. The van der Waals surface area contributed by atoms with Crippen LogP contribution in [0.3, 0.4) is 0 Å². The third-order valence-corrected chi connectivity index (χ3v) is 1.38. The van der Waals surface area contributed by atoms with E-state index in [1.165, 1.54) is 0 Å². The third-order valence-electron chi connectivity index (χ3n) is 1.38. The minimum Gasteiger partial charge on any atom is -0.480 e. The molecule has 0 aromatic heterocycles. The van der Waals surface area contributed by atoms with E-state index in [1.807, 2.05) is 13.8 Å². The second-order valence-corrected chi connectivity index (χ2v) is 2.13.